The van der Waals surface area contributed by atoms with Crippen molar-refractivity contribution in [3.8, 4) is 5.75 Å². The van der Waals surface area contributed by atoms with Gasteiger partial charge in [-0.3, -0.25) is 4.79 Å². The van der Waals surface area contributed by atoms with Crippen molar-refractivity contribution < 1.29 is 17.9 Å². The van der Waals surface area contributed by atoms with Gasteiger partial charge in [-0.1, -0.05) is 0 Å². The Hall–Kier alpha value is -2.72. The third-order valence-corrected chi connectivity index (χ3v) is 6.78. The van der Waals surface area contributed by atoms with Gasteiger partial charge in [0.05, 0.1) is 11.9 Å². The molecule has 10 heteroatoms. The van der Waals surface area contributed by atoms with Gasteiger partial charge in [0.2, 0.25) is 16.0 Å². The zero-order chi connectivity index (χ0) is 22.3. The third-order valence-electron chi connectivity index (χ3n) is 4.82. The molecule has 1 saturated heterocycles. The number of sulfonamides is 1. The van der Waals surface area contributed by atoms with E-state index in [0.29, 0.717) is 56.4 Å². The predicted molar refractivity (Wildman–Crippen MR) is 119 cm³/mol. The van der Waals surface area contributed by atoms with Gasteiger partial charge in [0, 0.05) is 50.7 Å². The van der Waals surface area contributed by atoms with E-state index in [1.807, 2.05) is 18.7 Å². The summed E-state index contributed by atoms with van der Waals surface area (Å²) in [5, 5.41) is 2.78. The highest BCUT2D eigenvalue weighted by Gasteiger charge is 2.27. The minimum absolute atomic E-state index is 0.00369. The van der Waals surface area contributed by atoms with Gasteiger partial charge in [-0.05, 0) is 50.6 Å². The van der Waals surface area contributed by atoms with E-state index in [1.165, 1.54) is 4.31 Å². The minimum Gasteiger partial charge on any atom is -0.491 e. The fourth-order valence-corrected chi connectivity index (χ4v) is 4.75. The lowest BCUT2D eigenvalue weighted by Gasteiger charge is -2.33. The Labute approximate surface area is 183 Å². The van der Waals surface area contributed by atoms with E-state index in [0.717, 1.165) is 0 Å². The maximum Gasteiger partial charge on any atom is 0.251 e. The van der Waals surface area contributed by atoms with Crippen LogP contribution in [0, 0.1) is 0 Å². The number of amides is 1. The molecule has 2 aromatic rings. The molecule has 168 valence electrons. The number of piperazine rings is 1. The molecule has 3 rings (SSSR count). The summed E-state index contributed by atoms with van der Waals surface area (Å²) in [5.41, 5.74) is 0.512. The number of aromatic nitrogens is 2. The van der Waals surface area contributed by atoms with Crippen LogP contribution in [-0.2, 0) is 10.0 Å². The molecule has 2 heterocycles. The number of ether oxygens (including phenoxy) is 1. The van der Waals surface area contributed by atoms with Crippen molar-refractivity contribution in [2.75, 3.05) is 43.4 Å². The highest BCUT2D eigenvalue weighted by atomic mass is 32.2. The Morgan fingerprint density at radius 1 is 1.10 bits per heavy atom. The van der Waals surface area contributed by atoms with Crippen LogP contribution in [0.3, 0.4) is 0 Å². The molecular formula is C21H29N5O4S. The molecule has 1 fully saturated rings. The monoisotopic (exact) mass is 447 g/mol. The van der Waals surface area contributed by atoms with Crippen molar-refractivity contribution >= 4 is 21.9 Å². The third kappa shape index (κ3) is 6.63. The lowest BCUT2D eigenvalue weighted by atomic mass is 10.2. The number of benzene rings is 1. The maximum absolute atomic E-state index is 12.6. The van der Waals surface area contributed by atoms with Crippen LogP contribution in [0.5, 0.6) is 5.75 Å². The number of carbonyl (C=O) groups excluding carboxylic acids is 1. The van der Waals surface area contributed by atoms with Crippen LogP contribution in [0.2, 0.25) is 0 Å². The van der Waals surface area contributed by atoms with Gasteiger partial charge < -0.3 is 15.0 Å². The summed E-state index contributed by atoms with van der Waals surface area (Å²) in [7, 11) is -3.37. The van der Waals surface area contributed by atoms with E-state index < -0.39 is 10.0 Å². The summed E-state index contributed by atoms with van der Waals surface area (Å²) in [4.78, 5) is 22.6. The quantitative estimate of drug-likeness (QED) is 0.581. The molecule has 1 N–H and O–H groups in total. The highest BCUT2D eigenvalue weighted by molar-refractivity contribution is 7.89. The van der Waals surface area contributed by atoms with Gasteiger partial charge in [-0.15, -0.1) is 0 Å². The molecule has 0 atom stereocenters. The molecule has 0 spiro atoms. The van der Waals surface area contributed by atoms with Crippen molar-refractivity contribution in [2.45, 2.75) is 26.4 Å². The number of nitrogens with one attached hydrogen (secondary N) is 1. The van der Waals surface area contributed by atoms with Crippen LogP contribution >= 0.6 is 0 Å². The van der Waals surface area contributed by atoms with Crippen LogP contribution in [0.1, 0.15) is 30.6 Å². The van der Waals surface area contributed by atoms with E-state index in [1.54, 1.807) is 42.7 Å². The molecule has 0 radical (unpaired) electrons. The second-order valence-corrected chi connectivity index (χ2v) is 9.64. The van der Waals surface area contributed by atoms with Crippen molar-refractivity contribution in [3.05, 3.63) is 48.3 Å². The summed E-state index contributed by atoms with van der Waals surface area (Å²) < 4.78 is 32.3. The number of nitrogens with zero attached hydrogens (tertiary/aromatic N) is 4. The molecule has 0 saturated carbocycles. The van der Waals surface area contributed by atoms with Crippen LogP contribution < -0.4 is 15.0 Å². The van der Waals surface area contributed by atoms with Crippen molar-refractivity contribution in [1.82, 2.24) is 19.6 Å². The SMILES string of the molecule is CC(C)Oc1ccc(C(=O)NCCCS(=O)(=O)N2CCN(c3ncccn3)CC2)cc1. The van der Waals surface area contributed by atoms with Gasteiger partial charge in [0.15, 0.2) is 0 Å². The number of carbonyl (C=O) groups is 1. The standard InChI is InChI=1S/C21H29N5O4S/c1-17(2)30-19-7-5-18(6-8-19)20(27)22-11-4-16-31(28,29)26-14-12-25(13-15-26)21-23-9-3-10-24-21/h3,5-10,17H,4,11-16H2,1-2H3,(H,22,27). The van der Waals surface area contributed by atoms with E-state index >= 15 is 0 Å². The number of hydrogen-bond acceptors (Lipinski definition) is 7. The topological polar surface area (TPSA) is 105 Å². The van der Waals surface area contributed by atoms with Gasteiger partial charge >= 0.3 is 0 Å². The number of hydrogen-bond donors (Lipinski definition) is 1. The molecule has 1 aliphatic rings. The van der Waals surface area contributed by atoms with E-state index in [4.69, 9.17) is 4.74 Å². The molecule has 0 bridgehead atoms. The Morgan fingerprint density at radius 3 is 2.35 bits per heavy atom. The summed E-state index contributed by atoms with van der Waals surface area (Å²) >= 11 is 0. The Kier molecular flexibility index (Phi) is 7.80. The van der Waals surface area contributed by atoms with Gasteiger partial charge in [-0.2, -0.15) is 4.31 Å². The smallest absolute Gasteiger partial charge is 0.251 e. The Morgan fingerprint density at radius 2 is 1.74 bits per heavy atom. The molecule has 1 aliphatic heterocycles. The van der Waals surface area contributed by atoms with E-state index in [9.17, 15) is 13.2 Å². The first-order valence-electron chi connectivity index (χ1n) is 10.4. The molecular weight excluding hydrogens is 418 g/mol. The normalized spacial score (nSPS) is 15.1. The van der Waals surface area contributed by atoms with Crippen LogP contribution in [0.4, 0.5) is 5.95 Å². The largest absolute Gasteiger partial charge is 0.491 e. The van der Waals surface area contributed by atoms with Gasteiger partial charge in [0.25, 0.3) is 5.91 Å². The summed E-state index contributed by atoms with van der Waals surface area (Å²) in [5.74, 6) is 1.09. The molecule has 0 unspecified atom stereocenters. The fraction of sp³-hybridized carbons (Fsp3) is 0.476. The second-order valence-electron chi connectivity index (χ2n) is 7.55. The van der Waals surface area contributed by atoms with Crippen molar-refractivity contribution in [2.24, 2.45) is 0 Å². The second kappa shape index (κ2) is 10.5. The van der Waals surface area contributed by atoms with Crippen molar-refractivity contribution in [3.63, 3.8) is 0 Å². The summed E-state index contributed by atoms with van der Waals surface area (Å²) in [6.07, 6.45) is 3.77. The number of anilines is 1. The molecule has 1 amide bonds. The first-order valence-corrected chi connectivity index (χ1v) is 12.0. The minimum atomic E-state index is -3.37. The first kappa shape index (κ1) is 23.0. The Balaban J connectivity index is 1.40. The summed E-state index contributed by atoms with van der Waals surface area (Å²) in [6, 6.07) is 8.64. The molecule has 9 nitrogen and oxygen atoms in total. The lowest BCUT2D eigenvalue weighted by Crippen LogP contribution is -2.49. The van der Waals surface area contributed by atoms with Crippen LogP contribution in [0.25, 0.3) is 0 Å². The van der Waals surface area contributed by atoms with Gasteiger partial charge in [0.1, 0.15) is 5.75 Å². The maximum atomic E-state index is 12.6. The van der Waals surface area contributed by atoms with Crippen LogP contribution in [0.15, 0.2) is 42.7 Å². The molecule has 1 aromatic carbocycles. The fourth-order valence-electron chi connectivity index (χ4n) is 3.27. The zero-order valence-electron chi connectivity index (χ0n) is 17.9. The lowest BCUT2D eigenvalue weighted by molar-refractivity contribution is 0.0953. The Bertz CT molecular complexity index is 943. The summed E-state index contributed by atoms with van der Waals surface area (Å²) in [6.45, 7) is 6.07. The number of rotatable bonds is 9. The molecule has 31 heavy (non-hydrogen) atoms. The average Bonchev–Trinajstić information content (AvgIpc) is 2.77. The van der Waals surface area contributed by atoms with E-state index in [-0.39, 0.29) is 17.8 Å². The zero-order valence-corrected chi connectivity index (χ0v) is 18.7. The van der Waals surface area contributed by atoms with Gasteiger partial charge in [-0.25, -0.2) is 18.4 Å². The highest BCUT2D eigenvalue weighted by Crippen LogP contribution is 2.15. The van der Waals surface area contributed by atoms with Crippen LogP contribution in [-0.4, -0.2) is 73.2 Å². The predicted octanol–water partition coefficient (Wildman–Crippen LogP) is 1.54. The molecule has 0 aliphatic carbocycles. The van der Waals surface area contributed by atoms with Crippen molar-refractivity contribution in [1.29, 1.82) is 0 Å². The molecule has 1 aromatic heterocycles. The first-order chi connectivity index (χ1) is 14.8. The average molecular weight is 448 g/mol. The van der Waals surface area contributed by atoms with E-state index in [2.05, 4.69) is 15.3 Å².